The van der Waals surface area contributed by atoms with Gasteiger partial charge in [0, 0.05) is 5.69 Å². The molecule has 0 fully saturated rings. The lowest BCUT2D eigenvalue weighted by Gasteiger charge is -2.30. The van der Waals surface area contributed by atoms with Crippen molar-refractivity contribution in [1.29, 1.82) is 0 Å². The van der Waals surface area contributed by atoms with Crippen molar-refractivity contribution in [3.63, 3.8) is 0 Å². The number of carbonyl (C=O) groups is 1. The number of hydrogen-bond acceptors (Lipinski definition) is 2. The second-order valence-corrected chi connectivity index (χ2v) is 4.12. The lowest BCUT2D eigenvalue weighted by atomic mass is 9.98. The summed E-state index contributed by atoms with van der Waals surface area (Å²) < 4.78 is 13.2. The molecule has 0 aliphatic heterocycles. The first-order valence-corrected chi connectivity index (χ1v) is 5.52. The molecule has 0 aliphatic carbocycles. The number of urea groups is 1. The molecule has 17 heavy (non-hydrogen) atoms. The molecule has 2 atom stereocenters. The summed E-state index contributed by atoms with van der Waals surface area (Å²) in [6, 6.07) is 8.48. The van der Waals surface area contributed by atoms with Gasteiger partial charge in [-0.25, -0.2) is 9.18 Å². The van der Waals surface area contributed by atoms with E-state index >= 15 is 0 Å². The molecule has 0 aromatic heterocycles. The van der Waals surface area contributed by atoms with Gasteiger partial charge in [-0.2, -0.15) is 0 Å². The Hall–Kier alpha value is -1.62. The van der Waals surface area contributed by atoms with Crippen molar-refractivity contribution in [2.45, 2.75) is 32.1 Å². The van der Waals surface area contributed by atoms with Gasteiger partial charge in [-0.05, 0) is 25.5 Å². The molecule has 94 valence electrons. The van der Waals surface area contributed by atoms with Crippen LogP contribution in [0.15, 0.2) is 30.3 Å². The first-order chi connectivity index (χ1) is 7.98. The van der Waals surface area contributed by atoms with Gasteiger partial charge in [0.25, 0.3) is 0 Å². The molecule has 2 amide bonds. The van der Waals surface area contributed by atoms with Gasteiger partial charge in [0.15, 0.2) is 6.30 Å². The molecule has 0 saturated carbocycles. The van der Waals surface area contributed by atoms with Crippen molar-refractivity contribution >= 4 is 11.7 Å². The van der Waals surface area contributed by atoms with E-state index in [2.05, 4.69) is 10.6 Å². The Kier molecular flexibility index (Phi) is 4.45. The van der Waals surface area contributed by atoms with Crippen LogP contribution in [0, 0.1) is 0 Å². The maximum absolute atomic E-state index is 13.2. The first-order valence-electron chi connectivity index (χ1n) is 5.52. The number of benzene rings is 1. The predicted molar refractivity (Wildman–Crippen MR) is 66.4 cm³/mol. The molecule has 4 N–H and O–H groups in total. The van der Waals surface area contributed by atoms with Crippen molar-refractivity contribution in [1.82, 2.24) is 5.32 Å². The van der Waals surface area contributed by atoms with Crippen molar-refractivity contribution < 1.29 is 9.18 Å². The van der Waals surface area contributed by atoms with Crippen LogP contribution in [0.1, 0.15) is 20.3 Å². The highest BCUT2D eigenvalue weighted by Gasteiger charge is 2.31. The number of hydrogen-bond donors (Lipinski definition) is 3. The van der Waals surface area contributed by atoms with Crippen molar-refractivity contribution in [3.05, 3.63) is 30.3 Å². The van der Waals surface area contributed by atoms with Gasteiger partial charge in [-0.15, -0.1) is 0 Å². The number of carbonyl (C=O) groups excluding carboxylic acids is 1. The van der Waals surface area contributed by atoms with Gasteiger partial charge >= 0.3 is 6.03 Å². The van der Waals surface area contributed by atoms with Crippen molar-refractivity contribution in [3.8, 4) is 0 Å². The molecule has 1 aromatic rings. The highest BCUT2D eigenvalue weighted by atomic mass is 19.1. The molecule has 0 heterocycles. The number of para-hydroxylation sites is 1. The standard InChI is InChI=1S/C12H18FN3O/c1-3-12(2,10(13)14)16-11(17)15-9-7-5-4-6-8-9/h4-8,10H,3,14H2,1-2H3,(H2,15,16,17). The summed E-state index contributed by atoms with van der Waals surface area (Å²) in [4.78, 5) is 11.6. The second-order valence-electron chi connectivity index (χ2n) is 4.12. The molecule has 4 nitrogen and oxygen atoms in total. The van der Waals surface area contributed by atoms with Crippen LogP contribution < -0.4 is 16.4 Å². The zero-order valence-corrected chi connectivity index (χ0v) is 10.0. The minimum absolute atomic E-state index is 0.410. The molecule has 1 rings (SSSR count). The molecule has 2 unspecified atom stereocenters. The zero-order chi connectivity index (χ0) is 12.9. The van der Waals surface area contributed by atoms with Gasteiger partial charge in [-0.3, -0.25) is 5.73 Å². The molecular formula is C12H18FN3O. The van der Waals surface area contributed by atoms with E-state index in [9.17, 15) is 9.18 Å². The highest BCUT2D eigenvalue weighted by Crippen LogP contribution is 2.14. The van der Waals surface area contributed by atoms with Gasteiger partial charge in [-0.1, -0.05) is 25.1 Å². The summed E-state index contributed by atoms with van der Waals surface area (Å²) in [5, 5.41) is 5.16. The van der Waals surface area contributed by atoms with E-state index in [1.165, 1.54) is 0 Å². The number of halogens is 1. The quantitative estimate of drug-likeness (QED) is 0.705. The predicted octanol–water partition coefficient (Wildman–Crippen LogP) is 2.23. The number of nitrogens with two attached hydrogens (primary N) is 1. The van der Waals surface area contributed by atoms with Crippen LogP contribution in [0.4, 0.5) is 14.9 Å². The minimum atomic E-state index is -1.60. The lowest BCUT2D eigenvalue weighted by Crippen LogP contribution is -2.56. The van der Waals surface area contributed by atoms with Crippen LogP contribution in [0.3, 0.4) is 0 Å². The third kappa shape index (κ3) is 3.71. The topological polar surface area (TPSA) is 67.2 Å². The molecule has 0 spiro atoms. The number of amides is 2. The van der Waals surface area contributed by atoms with Gasteiger partial charge < -0.3 is 10.6 Å². The Bertz CT molecular complexity index is 369. The Labute approximate surface area is 100 Å². The van der Waals surface area contributed by atoms with Crippen LogP contribution in [-0.2, 0) is 0 Å². The fourth-order valence-corrected chi connectivity index (χ4v) is 1.30. The first kappa shape index (κ1) is 13.4. The molecule has 0 saturated heterocycles. The van der Waals surface area contributed by atoms with E-state index in [1.54, 1.807) is 38.1 Å². The van der Waals surface area contributed by atoms with E-state index in [4.69, 9.17) is 5.73 Å². The summed E-state index contributed by atoms with van der Waals surface area (Å²) in [6.45, 7) is 3.34. The summed E-state index contributed by atoms with van der Waals surface area (Å²) in [5.41, 5.74) is 4.81. The fraction of sp³-hybridized carbons (Fsp3) is 0.417. The second kappa shape index (κ2) is 5.63. The van der Waals surface area contributed by atoms with E-state index in [0.717, 1.165) is 0 Å². The van der Waals surface area contributed by atoms with Crippen molar-refractivity contribution in [2.75, 3.05) is 5.32 Å². The number of alkyl halides is 1. The number of anilines is 1. The number of rotatable bonds is 4. The molecule has 0 aliphatic rings. The summed E-state index contributed by atoms with van der Waals surface area (Å²) in [5.74, 6) is 0. The Morgan fingerprint density at radius 2 is 2.06 bits per heavy atom. The van der Waals surface area contributed by atoms with Crippen molar-refractivity contribution in [2.24, 2.45) is 5.73 Å². The van der Waals surface area contributed by atoms with Gasteiger partial charge in [0.1, 0.15) is 0 Å². The van der Waals surface area contributed by atoms with E-state index in [1.807, 2.05) is 6.07 Å². The van der Waals surface area contributed by atoms with Gasteiger partial charge in [0.05, 0.1) is 5.54 Å². The van der Waals surface area contributed by atoms with E-state index in [0.29, 0.717) is 12.1 Å². The van der Waals surface area contributed by atoms with Crippen LogP contribution in [0.2, 0.25) is 0 Å². The van der Waals surface area contributed by atoms with Gasteiger partial charge in [0.2, 0.25) is 0 Å². The molecule has 5 heteroatoms. The molecule has 1 aromatic carbocycles. The van der Waals surface area contributed by atoms with Crippen LogP contribution in [0.25, 0.3) is 0 Å². The Balaban J connectivity index is 2.61. The van der Waals surface area contributed by atoms with E-state index in [-0.39, 0.29) is 0 Å². The SMILES string of the molecule is CCC(C)(NC(=O)Nc1ccccc1)C(N)F. The minimum Gasteiger partial charge on any atom is -0.328 e. The molecular weight excluding hydrogens is 221 g/mol. The zero-order valence-electron chi connectivity index (χ0n) is 10.0. The van der Waals surface area contributed by atoms with Crippen LogP contribution in [0.5, 0.6) is 0 Å². The smallest absolute Gasteiger partial charge is 0.319 e. The summed E-state index contributed by atoms with van der Waals surface area (Å²) in [7, 11) is 0. The fourth-order valence-electron chi connectivity index (χ4n) is 1.30. The maximum atomic E-state index is 13.2. The third-order valence-corrected chi connectivity index (χ3v) is 2.77. The Morgan fingerprint density at radius 1 is 1.47 bits per heavy atom. The molecule has 0 radical (unpaired) electrons. The van der Waals surface area contributed by atoms with Crippen LogP contribution >= 0.6 is 0 Å². The third-order valence-electron chi connectivity index (χ3n) is 2.77. The Morgan fingerprint density at radius 3 is 2.53 bits per heavy atom. The largest absolute Gasteiger partial charge is 0.328 e. The monoisotopic (exact) mass is 239 g/mol. The van der Waals surface area contributed by atoms with Crippen LogP contribution in [-0.4, -0.2) is 17.9 Å². The van der Waals surface area contributed by atoms with E-state index < -0.39 is 17.9 Å². The normalized spacial score (nSPS) is 15.8. The number of nitrogens with one attached hydrogen (secondary N) is 2. The maximum Gasteiger partial charge on any atom is 0.319 e. The average Bonchev–Trinajstić information content (AvgIpc) is 2.29. The summed E-state index contributed by atoms with van der Waals surface area (Å²) >= 11 is 0. The highest BCUT2D eigenvalue weighted by molar-refractivity contribution is 5.89. The molecule has 0 bridgehead atoms. The summed E-state index contributed by atoms with van der Waals surface area (Å²) in [6.07, 6.45) is -1.19. The lowest BCUT2D eigenvalue weighted by molar-refractivity contribution is 0.166. The average molecular weight is 239 g/mol.